The van der Waals surface area contributed by atoms with Crippen LogP contribution in [0.4, 0.5) is 5.82 Å². The fraction of sp³-hybridized carbons (Fsp3) is 0.667. The molecule has 2 atom stereocenters. The third-order valence-electron chi connectivity index (χ3n) is 3.29. The average molecular weight is 236 g/mol. The first-order valence-corrected chi connectivity index (χ1v) is 6.06. The van der Waals surface area contributed by atoms with E-state index >= 15 is 0 Å². The van der Waals surface area contributed by atoms with Gasteiger partial charge in [0.2, 0.25) is 0 Å². The van der Waals surface area contributed by atoms with Gasteiger partial charge in [-0.25, -0.2) is 0 Å². The molecule has 1 aliphatic heterocycles. The van der Waals surface area contributed by atoms with Crippen LogP contribution in [0.15, 0.2) is 6.07 Å². The van der Waals surface area contributed by atoms with Crippen LogP contribution in [0.3, 0.4) is 0 Å². The molecule has 0 aliphatic carbocycles. The van der Waals surface area contributed by atoms with Crippen LogP contribution < -0.4 is 5.73 Å². The second-order valence-corrected chi connectivity index (χ2v) is 5.23. The molecule has 0 radical (unpaired) electrons. The molecule has 1 saturated heterocycles. The van der Waals surface area contributed by atoms with Gasteiger partial charge in [-0.3, -0.25) is 9.48 Å². The molecule has 2 N–H and O–H groups in total. The van der Waals surface area contributed by atoms with E-state index in [0.717, 1.165) is 13.1 Å². The minimum absolute atomic E-state index is 0.00398. The largest absolute Gasteiger partial charge is 0.384 e. The van der Waals surface area contributed by atoms with Gasteiger partial charge < -0.3 is 10.6 Å². The number of anilines is 1. The summed E-state index contributed by atoms with van der Waals surface area (Å²) in [5.41, 5.74) is 6.14. The average Bonchev–Trinajstić information content (AvgIpc) is 2.57. The lowest BCUT2D eigenvalue weighted by Gasteiger charge is -2.34. The van der Waals surface area contributed by atoms with Crippen LogP contribution in [-0.4, -0.2) is 33.7 Å². The van der Waals surface area contributed by atoms with Crippen molar-refractivity contribution in [3.8, 4) is 0 Å². The van der Waals surface area contributed by atoms with Crippen molar-refractivity contribution in [1.82, 2.24) is 14.7 Å². The van der Waals surface area contributed by atoms with E-state index in [0.29, 0.717) is 23.3 Å². The van der Waals surface area contributed by atoms with Gasteiger partial charge in [0, 0.05) is 26.2 Å². The third-order valence-corrected chi connectivity index (χ3v) is 3.29. The number of piperidine rings is 1. The Balaban J connectivity index is 2.14. The molecule has 0 aromatic carbocycles. The molecule has 0 saturated carbocycles. The smallest absolute Gasteiger partial charge is 0.274 e. The van der Waals surface area contributed by atoms with Crippen LogP contribution in [0.1, 0.15) is 30.8 Å². The standard InChI is InChI=1S/C12H20N4O/c1-8-4-9(2)7-16(6-8)12(17)10-5-11(13)15(3)14-10/h5,8-9H,4,6-7,13H2,1-3H3. The Bertz CT molecular complexity index is 397. The topological polar surface area (TPSA) is 64.2 Å². The summed E-state index contributed by atoms with van der Waals surface area (Å²) in [6.45, 7) is 6.00. The highest BCUT2D eigenvalue weighted by Gasteiger charge is 2.27. The summed E-state index contributed by atoms with van der Waals surface area (Å²) >= 11 is 0. The first-order chi connectivity index (χ1) is 7.97. The van der Waals surface area contributed by atoms with Crippen LogP contribution in [0.2, 0.25) is 0 Å². The summed E-state index contributed by atoms with van der Waals surface area (Å²) in [6.07, 6.45) is 1.19. The van der Waals surface area contributed by atoms with Gasteiger partial charge in [-0.05, 0) is 18.3 Å². The van der Waals surface area contributed by atoms with Gasteiger partial charge in [0.05, 0.1) is 0 Å². The molecule has 2 heterocycles. The quantitative estimate of drug-likeness (QED) is 0.794. The summed E-state index contributed by atoms with van der Waals surface area (Å²) < 4.78 is 1.53. The SMILES string of the molecule is CC1CC(C)CN(C(=O)c2cc(N)n(C)n2)C1. The number of carbonyl (C=O) groups is 1. The predicted molar refractivity (Wildman–Crippen MR) is 66.5 cm³/mol. The monoisotopic (exact) mass is 236 g/mol. The number of hydrogen-bond acceptors (Lipinski definition) is 3. The Morgan fingerprint density at radius 1 is 1.41 bits per heavy atom. The van der Waals surface area contributed by atoms with E-state index in [4.69, 9.17) is 5.73 Å². The fourth-order valence-corrected chi connectivity index (χ4v) is 2.58. The zero-order valence-corrected chi connectivity index (χ0v) is 10.7. The Morgan fingerprint density at radius 2 is 2.00 bits per heavy atom. The molecule has 2 rings (SSSR count). The van der Waals surface area contributed by atoms with Crippen LogP contribution in [0.25, 0.3) is 0 Å². The Kier molecular flexibility index (Phi) is 3.09. The summed E-state index contributed by atoms with van der Waals surface area (Å²) in [7, 11) is 1.74. The first-order valence-electron chi connectivity index (χ1n) is 6.06. The number of likely N-dealkylation sites (tertiary alicyclic amines) is 1. The molecule has 2 unspecified atom stereocenters. The lowest BCUT2D eigenvalue weighted by Crippen LogP contribution is -2.42. The zero-order chi connectivity index (χ0) is 12.6. The van der Waals surface area contributed by atoms with Crippen molar-refractivity contribution in [3.63, 3.8) is 0 Å². The highest BCUT2D eigenvalue weighted by atomic mass is 16.2. The van der Waals surface area contributed by atoms with E-state index < -0.39 is 0 Å². The molecular formula is C12H20N4O. The molecule has 94 valence electrons. The molecule has 5 heteroatoms. The van der Waals surface area contributed by atoms with Crippen LogP contribution in [0, 0.1) is 11.8 Å². The van der Waals surface area contributed by atoms with Gasteiger partial charge in [0.25, 0.3) is 5.91 Å². The third kappa shape index (κ3) is 2.43. The van der Waals surface area contributed by atoms with Gasteiger partial charge in [0.1, 0.15) is 5.82 Å². The number of nitrogen functional groups attached to an aromatic ring is 1. The van der Waals surface area contributed by atoms with Crippen molar-refractivity contribution >= 4 is 11.7 Å². The van der Waals surface area contributed by atoms with Gasteiger partial charge in [0.15, 0.2) is 5.69 Å². The molecule has 0 spiro atoms. The molecule has 0 bridgehead atoms. The van der Waals surface area contributed by atoms with Gasteiger partial charge in [-0.15, -0.1) is 0 Å². The van der Waals surface area contributed by atoms with Gasteiger partial charge >= 0.3 is 0 Å². The lowest BCUT2D eigenvalue weighted by molar-refractivity contribution is 0.0616. The van der Waals surface area contributed by atoms with E-state index in [1.807, 2.05) is 4.90 Å². The van der Waals surface area contributed by atoms with Crippen molar-refractivity contribution in [2.45, 2.75) is 20.3 Å². The number of nitrogens with zero attached hydrogens (tertiary/aromatic N) is 3. The van der Waals surface area contributed by atoms with E-state index in [2.05, 4.69) is 18.9 Å². The Hall–Kier alpha value is -1.52. The molecule has 1 aromatic rings. The number of amides is 1. The molecule has 1 fully saturated rings. The van der Waals surface area contributed by atoms with Crippen molar-refractivity contribution in [2.24, 2.45) is 18.9 Å². The maximum atomic E-state index is 12.3. The number of rotatable bonds is 1. The minimum Gasteiger partial charge on any atom is -0.384 e. The van der Waals surface area contributed by atoms with Crippen molar-refractivity contribution < 1.29 is 4.79 Å². The van der Waals surface area contributed by atoms with E-state index in [-0.39, 0.29) is 5.91 Å². The van der Waals surface area contributed by atoms with Gasteiger partial charge in [-0.2, -0.15) is 5.10 Å². The van der Waals surface area contributed by atoms with Crippen LogP contribution in [0.5, 0.6) is 0 Å². The van der Waals surface area contributed by atoms with E-state index in [9.17, 15) is 4.79 Å². The molecule has 1 aliphatic rings. The second-order valence-electron chi connectivity index (χ2n) is 5.23. The number of carbonyl (C=O) groups excluding carboxylic acids is 1. The fourth-order valence-electron chi connectivity index (χ4n) is 2.58. The predicted octanol–water partition coefficient (Wildman–Crippen LogP) is 1.12. The maximum Gasteiger partial charge on any atom is 0.274 e. The van der Waals surface area contributed by atoms with E-state index in [1.54, 1.807) is 13.1 Å². The first kappa shape index (κ1) is 12.0. The maximum absolute atomic E-state index is 12.3. The normalized spacial score (nSPS) is 25.0. The summed E-state index contributed by atoms with van der Waals surface area (Å²) in [5.74, 6) is 1.63. The summed E-state index contributed by atoms with van der Waals surface area (Å²) in [6, 6.07) is 1.65. The van der Waals surface area contributed by atoms with Crippen LogP contribution in [-0.2, 0) is 7.05 Å². The Morgan fingerprint density at radius 3 is 2.47 bits per heavy atom. The van der Waals surface area contributed by atoms with Crippen molar-refractivity contribution in [3.05, 3.63) is 11.8 Å². The van der Waals surface area contributed by atoms with Gasteiger partial charge in [-0.1, -0.05) is 13.8 Å². The Labute approximate surface area is 102 Å². The summed E-state index contributed by atoms with van der Waals surface area (Å²) in [4.78, 5) is 14.1. The molecule has 5 nitrogen and oxygen atoms in total. The molecule has 1 amide bonds. The minimum atomic E-state index is -0.00398. The molecule has 1 aromatic heterocycles. The zero-order valence-electron chi connectivity index (χ0n) is 10.7. The highest BCUT2D eigenvalue weighted by molar-refractivity contribution is 5.93. The number of aryl methyl sites for hydroxylation is 1. The number of nitrogens with two attached hydrogens (primary N) is 1. The number of hydrogen-bond donors (Lipinski definition) is 1. The summed E-state index contributed by atoms with van der Waals surface area (Å²) in [5, 5.41) is 4.14. The van der Waals surface area contributed by atoms with Crippen molar-refractivity contribution in [1.29, 1.82) is 0 Å². The number of aromatic nitrogens is 2. The molecule has 17 heavy (non-hydrogen) atoms. The lowest BCUT2D eigenvalue weighted by atomic mass is 9.92. The second kappa shape index (κ2) is 4.39. The van der Waals surface area contributed by atoms with E-state index in [1.165, 1.54) is 11.1 Å². The van der Waals surface area contributed by atoms with Crippen LogP contribution >= 0.6 is 0 Å². The van der Waals surface area contributed by atoms with Crippen molar-refractivity contribution in [2.75, 3.05) is 18.8 Å². The molecular weight excluding hydrogens is 216 g/mol. The highest BCUT2D eigenvalue weighted by Crippen LogP contribution is 2.22.